The van der Waals surface area contributed by atoms with Crippen LogP contribution in [-0.4, -0.2) is 35.3 Å². The topological polar surface area (TPSA) is 104 Å². The number of phenols is 1. The number of hydrogen-bond donors (Lipinski definition) is 3. The van der Waals surface area contributed by atoms with Gasteiger partial charge in [0.1, 0.15) is 0 Å². The van der Waals surface area contributed by atoms with E-state index in [1.54, 1.807) is 12.1 Å². The lowest BCUT2D eigenvalue weighted by Crippen LogP contribution is -2.12. The van der Waals surface area contributed by atoms with Gasteiger partial charge in [0.05, 0.1) is 25.5 Å². The van der Waals surface area contributed by atoms with E-state index in [1.165, 1.54) is 32.4 Å². The maximum absolute atomic E-state index is 12.0. The second kappa shape index (κ2) is 6.93. The fourth-order valence-corrected chi connectivity index (χ4v) is 2.14. The van der Waals surface area contributed by atoms with Crippen molar-refractivity contribution < 1.29 is 19.4 Å². The third-order valence-electron chi connectivity index (χ3n) is 2.97. The average Bonchev–Trinajstić information content (AvgIpc) is 2.51. The number of aromatic nitrogens is 2. The molecule has 0 aliphatic rings. The van der Waals surface area contributed by atoms with Crippen LogP contribution in [0.4, 0.5) is 0 Å². The van der Waals surface area contributed by atoms with E-state index in [2.05, 4.69) is 9.97 Å². The van der Waals surface area contributed by atoms with Crippen molar-refractivity contribution in [1.29, 1.82) is 0 Å². The lowest BCUT2D eigenvalue weighted by Gasteiger charge is -2.07. The van der Waals surface area contributed by atoms with Gasteiger partial charge in [-0.15, -0.1) is 0 Å². The molecule has 3 N–H and O–H groups in total. The molecule has 1 aromatic carbocycles. The number of esters is 1. The van der Waals surface area contributed by atoms with E-state index in [1.807, 2.05) is 0 Å². The van der Waals surface area contributed by atoms with E-state index in [4.69, 9.17) is 21.7 Å². The number of aromatic amines is 2. The van der Waals surface area contributed by atoms with Gasteiger partial charge in [0, 0.05) is 6.07 Å². The summed E-state index contributed by atoms with van der Waals surface area (Å²) in [5.74, 6) is -0.432. The third-order valence-corrected chi connectivity index (χ3v) is 3.17. The molecule has 120 valence electrons. The number of H-pyrrole nitrogens is 2. The number of nitrogens with one attached hydrogen (secondary N) is 2. The molecule has 0 amide bonds. The second-order valence-corrected chi connectivity index (χ2v) is 4.89. The molecule has 2 aromatic rings. The van der Waals surface area contributed by atoms with Gasteiger partial charge in [0.25, 0.3) is 5.56 Å². The Labute approximate surface area is 136 Å². The molecule has 1 aromatic heterocycles. The van der Waals surface area contributed by atoms with Gasteiger partial charge >= 0.3 is 5.97 Å². The van der Waals surface area contributed by atoms with Crippen LogP contribution in [-0.2, 0) is 9.53 Å². The molecule has 0 radical (unpaired) electrons. The first kappa shape index (κ1) is 16.5. The van der Waals surface area contributed by atoms with Crippen LogP contribution in [0.1, 0.15) is 11.3 Å². The highest BCUT2D eigenvalue weighted by atomic mass is 32.1. The minimum absolute atomic E-state index is 0.0793. The van der Waals surface area contributed by atoms with Crippen molar-refractivity contribution in [3.63, 3.8) is 0 Å². The SMILES string of the molecule is COC(=O)/C(=C\c1ccc(OC)c(O)c1)c1cc(=O)[nH]c(=S)[nH]1. The molecule has 1 heterocycles. The van der Waals surface area contributed by atoms with Crippen LogP contribution in [0.2, 0.25) is 0 Å². The lowest BCUT2D eigenvalue weighted by atomic mass is 10.1. The summed E-state index contributed by atoms with van der Waals surface area (Å²) >= 11 is 4.90. The molecule has 0 aliphatic carbocycles. The maximum atomic E-state index is 12.0. The fourth-order valence-electron chi connectivity index (χ4n) is 1.93. The number of hydrogen-bond acceptors (Lipinski definition) is 6. The van der Waals surface area contributed by atoms with Crippen molar-refractivity contribution in [3.05, 3.63) is 50.6 Å². The van der Waals surface area contributed by atoms with E-state index in [0.717, 1.165) is 0 Å². The van der Waals surface area contributed by atoms with Crippen molar-refractivity contribution in [1.82, 2.24) is 9.97 Å². The molecular formula is C15H14N2O5S. The summed E-state index contributed by atoms with van der Waals surface area (Å²) in [4.78, 5) is 28.6. The summed E-state index contributed by atoms with van der Waals surface area (Å²) in [5, 5.41) is 9.81. The summed E-state index contributed by atoms with van der Waals surface area (Å²) in [6.07, 6.45) is 1.46. The van der Waals surface area contributed by atoms with Gasteiger partial charge in [-0.25, -0.2) is 4.79 Å². The van der Waals surface area contributed by atoms with E-state index in [-0.39, 0.29) is 21.8 Å². The van der Waals surface area contributed by atoms with Crippen LogP contribution in [0.15, 0.2) is 29.1 Å². The molecule has 7 nitrogen and oxygen atoms in total. The Kier molecular flexibility index (Phi) is 4.97. The number of phenolic OH excluding ortho intramolecular Hbond substituents is 1. The molecule has 0 unspecified atom stereocenters. The molecule has 0 saturated carbocycles. The molecule has 23 heavy (non-hydrogen) atoms. The van der Waals surface area contributed by atoms with Crippen molar-refractivity contribution >= 4 is 29.8 Å². The minimum atomic E-state index is -0.656. The number of methoxy groups -OCH3 is 2. The molecule has 0 saturated heterocycles. The van der Waals surface area contributed by atoms with Crippen LogP contribution in [0, 0.1) is 4.77 Å². The average molecular weight is 334 g/mol. The van der Waals surface area contributed by atoms with Crippen LogP contribution in [0.25, 0.3) is 11.6 Å². The molecule has 0 spiro atoms. The molecule has 0 aliphatic heterocycles. The van der Waals surface area contributed by atoms with E-state index in [9.17, 15) is 14.7 Å². The van der Waals surface area contributed by atoms with Gasteiger partial charge in [-0.05, 0) is 36.0 Å². The Hall–Kier alpha value is -2.87. The van der Waals surface area contributed by atoms with Crippen LogP contribution < -0.4 is 10.3 Å². The smallest absolute Gasteiger partial charge is 0.339 e. The van der Waals surface area contributed by atoms with Crippen LogP contribution in [0.3, 0.4) is 0 Å². The summed E-state index contributed by atoms with van der Waals surface area (Å²) in [5.41, 5.74) is 0.370. The zero-order valence-electron chi connectivity index (χ0n) is 12.4. The first-order valence-corrected chi connectivity index (χ1v) is 6.86. The second-order valence-electron chi connectivity index (χ2n) is 4.48. The highest BCUT2D eigenvalue weighted by Crippen LogP contribution is 2.28. The van der Waals surface area contributed by atoms with Crippen molar-refractivity contribution in [2.45, 2.75) is 0 Å². The number of benzene rings is 1. The molecule has 8 heteroatoms. The molecule has 0 bridgehead atoms. The van der Waals surface area contributed by atoms with E-state index >= 15 is 0 Å². The fraction of sp³-hybridized carbons (Fsp3) is 0.133. The van der Waals surface area contributed by atoms with Gasteiger partial charge in [0.2, 0.25) is 0 Å². The van der Waals surface area contributed by atoms with E-state index < -0.39 is 11.5 Å². The Morgan fingerprint density at radius 3 is 2.57 bits per heavy atom. The predicted octanol–water partition coefficient (Wildman–Crippen LogP) is 1.86. The Morgan fingerprint density at radius 2 is 2.00 bits per heavy atom. The third kappa shape index (κ3) is 3.86. The Bertz CT molecular complexity index is 854. The molecule has 2 rings (SSSR count). The normalized spacial score (nSPS) is 11.1. The monoisotopic (exact) mass is 334 g/mol. The Morgan fingerprint density at radius 1 is 1.26 bits per heavy atom. The standard InChI is InChI=1S/C15H14N2O5S/c1-21-12-4-3-8(6-11(12)18)5-9(14(20)22-2)10-7-13(19)17-15(23)16-10/h3-7,18H,1-2H3,(H2,16,17,19,23)/b9-5-. The molecule has 0 atom stereocenters. The number of rotatable bonds is 4. The minimum Gasteiger partial charge on any atom is -0.504 e. The first-order valence-electron chi connectivity index (χ1n) is 6.45. The van der Waals surface area contributed by atoms with Gasteiger partial charge < -0.3 is 19.6 Å². The summed E-state index contributed by atoms with van der Waals surface area (Å²) in [6.45, 7) is 0. The van der Waals surface area contributed by atoms with Gasteiger partial charge in [-0.1, -0.05) is 6.07 Å². The quantitative estimate of drug-likeness (QED) is 0.448. The van der Waals surface area contributed by atoms with Crippen LogP contribution >= 0.6 is 12.2 Å². The molecule has 0 fully saturated rings. The highest BCUT2D eigenvalue weighted by molar-refractivity contribution is 7.71. The maximum Gasteiger partial charge on any atom is 0.339 e. The van der Waals surface area contributed by atoms with Gasteiger partial charge in [-0.3, -0.25) is 9.78 Å². The number of carbonyl (C=O) groups is 1. The molecular weight excluding hydrogens is 320 g/mol. The van der Waals surface area contributed by atoms with Crippen molar-refractivity contribution in [3.8, 4) is 11.5 Å². The highest BCUT2D eigenvalue weighted by Gasteiger charge is 2.14. The number of aromatic hydroxyl groups is 1. The first-order chi connectivity index (χ1) is 10.9. The summed E-state index contributed by atoms with van der Waals surface area (Å²) in [7, 11) is 2.66. The van der Waals surface area contributed by atoms with Crippen molar-refractivity contribution in [2.24, 2.45) is 0 Å². The van der Waals surface area contributed by atoms with Gasteiger partial charge in [-0.2, -0.15) is 0 Å². The number of carbonyl (C=O) groups excluding carboxylic acids is 1. The van der Waals surface area contributed by atoms with Gasteiger partial charge in [0.15, 0.2) is 16.3 Å². The van der Waals surface area contributed by atoms with Crippen LogP contribution in [0.5, 0.6) is 11.5 Å². The predicted molar refractivity (Wildman–Crippen MR) is 86.8 cm³/mol. The Balaban J connectivity index is 2.59. The largest absolute Gasteiger partial charge is 0.504 e. The zero-order chi connectivity index (χ0) is 17.0. The summed E-state index contributed by atoms with van der Waals surface area (Å²) in [6, 6.07) is 5.81. The summed E-state index contributed by atoms with van der Waals surface area (Å²) < 4.78 is 9.78. The lowest BCUT2D eigenvalue weighted by molar-refractivity contribution is -0.133. The van der Waals surface area contributed by atoms with Crippen molar-refractivity contribution in [2.75, 3.05) is 14.2 Å². The van der Waals surface area contributed by atoms with E-state index in [0.29, 0.717) is 11.3 Å². The number of ether oxygens (including phenoxy) is 2. The zero-order valence-corrected chi connectivity index (χ0v) is 13.2.